The summed E-state index contributed by atoms with van der Waals surface area (Å²) in [4.78, 5) is 0. The van der Waals surface area contributed by atoms with E-state index < -0.39 is 0 Å². The van der Waals surface area contributed by atoms with Crippen LogP contribution in [0.4, 0.5) is 0 Å². The zero-order chi connectivity index (χ0) is 6.74. The molecule has 0 amide bonds. The van der Waals surface area contributed by atoms with Crippen LogP contribution in [0, 0.1) is 5.41 Å². The van der Waals surface area contributed by atoms with Gasteiger partial charge in [0.25, 0.3) is 0 Å². The molecule has 1 nitrogen and oxygen atoms in total. The fourth-order valence-electron chi connectivity index (χ4n) is 0.668. The first-order valence-electron chi connectivity index (χ1n) is 3.09. The van der Waals surface area contributed by atoms with Gasteiger partial charge in [-0.05, 0) is 0 Å². The van der Waals surface area contributed by atoms with E-state index in [1.54, 1.807) is 6.26 Å². The van der Waals surface area contributed by atoms with Crippen molar-refractivity contribution in [2.24, 2.45) is 5.41 Å². The number of rotatable bonds is 0. The predicted molar refractivity (Wildman–Crippen MR) is 41.3 cm³/mol. The molecule has 0 atom stereocenters. The second-order valence-corrected chi connectivity index (χ2v) is 3.95. The van der Waals surface area contributed by atoms with E-state index in [-0.39, 0.29) is 0 Å². The first kappa shape index (κ1) is 7.00. The van der Waals surface area contributed by atoms with Crippen molar-refractivity contribution in [2.45, 2.75) is 13.8 Å². The van der Waals surface area contributed by atoms with E-state index in [0.29, 0.717) is 5.41 Å². The van der Waals surface area contributed by atoms with Gasteiger partial charge in [-0.2, -0.15) is 0 Å². The summed E-state index contributed by atoms with van der Waals surface area (Å²) in [6.07, 6.45) is 1.78. The highest BCUT2D eigenvalue weighted by Crippen LogP contribution is 2.25. The topological polar surface area (TPSA) is 9.23 Å². The molecule has 1 heterocycles. The Morgan fingerprint density at radius 1 is 1.56 bits per heavy atom. The molecule has 0 spiro atoms. The average Bonchev–Trinajstić information content (AvgIpc) is 1.92. The number of hydrogen-bond donors (Lipinski definition) is 0. The molecule has 1 aliphatic heterocycles. The van der Waals surface area contributed by atoms with Gasteiger partial charge in [0.15, 0.2) is 0 Å². The van der Waals surface area contributed by atoms with E-state index in [0.717, 1.165) is 12.4 Å². The van der Waals surface area contributed by atoms with Gasteiger partial charge in [0.05, 0.1) is 12.9 Å². The number of ether oxygens (including phenoxy) is 1. The zero-order valence-electron chi connectivity index (χ0n) is 5.89. The highest BCUT2D eigenvalue weighted by molar-refractivity contribution is 8.02. The van der Waals surface area contributed by atoms with Crippen molar-refractivity contribution in [3.63, 3.8) is 0 Å². The van der Waals surface area contributed by atoms with Gasteiger partial charge in [-0.1, -0.05) is 13.8 Å². The largest absolute Gasteiger partial charge is 0.500 e. The van der Waals surface area contributed by atoms with Gasteiger partial charge in [-0.3, -0.25) is 0 Å². The SMILES string of the molecule is CC1(C)COC=CSC1. The summed E-state index contributed by atoms with van der Waals surface area (Å²) >= 11 is 1.82. The third kappa shape index (κ3) is 2.31. The maximum absolute atomic E-state index is 5.21. The Hall–Kier alpha value is -0.110. The summed E-state index contributed by atoms with van der Waals surface area (Å²) in [5, 5.41) is 2.01. The van der Waals surface area contributed by atoms with Crippen molar-refractivity contribution in [3.05, 3.63) is 11.7 Å². The second-order valence-electron chi connectivity index (χ2n) is 3.06. The van der Waals surface area contributed by atoms with Gasteiger partial charge in [-0.25, -0.2) is 0 Å². The molecule has 0 aromatic heterocycles. The minimum Gasteiger partial charge on any atom is -0.500 e. The van der Waals surface area contributed by atoms with Crippen molar-refractivity contribution in [2.75, 3.05) is 12.4 Å². The standard InChI is InChI=1S/C7H12OS/c1-7(2)5-8-3-4-9-6-7/h3-4H,5-6H2,1-2H3. The molecule has 0 radical (unpaired) electrons. The summed E-state index contributed by atoms with van der Waals surface area (Å²) in [5.74, 6) is 1.16. The molecular weight excluding hydrogens is 132 g/mol. The molecule has 0 aromatic rings. The van der Waals surface area contributed by atoms with E-state index in [4.69, 9.17) is 4.74 Å². The molecular formula is C7H12OS. The summed E-state index contributed by atoms with van der Waals surface area (Å²) in [6.45, 7) is 5.27. The molecule has 0 N–H and O–H groups in total. The van der Waals surface area contributed by atoms with E-state index in [1.807, 2.05) is 17.2 Å². The van der Waals surface area contributed by atoms with E-state index in [2.05, 4.69) is 13.8 Å². The molecule has 0 saturated carbocycles. The van der Waals surface area contributed by atoms with Crippen LogP contribution in [0.1, 0.15) is 13.8 Å². The lowest BCUT2D eigenvalue weighted by Gasteiger charge is -2.19. The first-order valence-corrected chi connectivity index (χ1v) is 4.14. The number of hydrogen-bond acceptors (Lipinski definition) is 2. The molecule has 0 saturated heterocycles. The van der Waals surface area contributed by atoms with Crippen molar-refractivity contribution in [1.82, 2.24) is 0 Å². The molecule has 0 aromatic carbocycles. The maximum Gasteiger partial charge on any atom is 0.0932 e. The lowest BCUT2D eigenvalue weighted by atomic mass is 9.98. The summed E-state index contributed by atoms with van der Waals surface area (Å²) in [6, 6.07) is 0. The Balaban J connectivity index is 2.44. The smallest absolute Gasteiger partial charge is 0.0932 e. The molecule has 9 heavy (non-hydrogen) atoms. The summed E-state index contributed by atoms with van der Waals surface area (Å²) in [7, 11) is 0. The van der Waals surface area contributed by atoms with Crippen molar-refractivity contribution in [1.29, 1.82) is 0 Å². The Morgan fingerprint density at radius 3 is 3.11 bits per heavy atom. The van der Waals surface area contributed by atoms with Crippen LogP contribution < -0.4 is 0 Å². The fraction of sp³-hybridized carbons (Fsp3) is 0.714. The molecule has 0 fully saturated rings. The van der Waals surface area contributed by atoms with E-state index >= 15 is 0 Å². The lowest BCUT2D eigenvalue weighted by Crippen LogP contribution is -2.19. The Labute approximate surface area is 60.5 Å². The highest BCUT2D eigenvalue weighted by Gasteiger charge is 2.18. The quantitative estimate of drug-likeness (QED) is 0.515. The van der Waals surface area contributed by atoms with Crippen LogP contribution in [0.25, 0.3) is 0 Å². The third-order valence-electron chi connectivity index (χ3n) is 1.20. The van der Waals surface area contributed by atoms with Crippen LogP contribution in [0.2, 0.25) is 0 Å². The molecule has 0 bridgehead atoms. The Kier molecular flexibility index (Phi) is 2.06. The lowest BCUT2D eigenvalue weighted by molar-refractivity contribution is 0.158. The fourth-order valence-corrected chi connectivity index (χ4v) is 1.46. The van der Waals surface area contributed by atoms with Gasteiger partial charge in [0.1, 0.15) is 0 Å². The van der Waals surface area contributed by atoms with Gasteiger partial charge in [0.2, 0.25) is 0 Å². The zero-order valence-corrected chi connectivity index (χ0v) is 6.70. The van der Waals surface area contributed by atoms with Crippen LogP contribution in [0.3, 0.4) is 0 Å². The van der Waals surface area contributed by atoms with E-state index in [1.165, 1.54) is 0 Å². The molecule has 2 heteroatoms. The summed E-state index contributed by atoms with van der Waals surface area (Å²) in [5.41, 5.74) is 0.341. The van der Waals surface area contributed by atoms with Crippen LogP contribution in [-0.2, 0) is 4.74 Å². The van der Waals surface area contributed by atoms with Crippen LogP contribution in [0.15, 0.2) is 11.7 Å². The van der Waals surface area contributed by atoms with Crippen molar-refractivity contribution >= 4 is 11.8 Å². The second kappa shape index (κ2) is 2.65. The summed E-state index contributed by atoms with van der Waals surface area (Å²) < 4.78 is 5.21. The Morgan fingerprint density at radius 2 is 2.33 bits per heavy atom. The van der Waals surface area contributed by atoms with Gasteiger partial charge in [-0.15, -0.1) is 11.8 Å². The third-order valence-corrected chi connectivity index (χ3v) is 2.45. The normalized spacial score (nSPS) is 24.7. The monoisotopic (exact) mass is 144 g/mol. The van der Waals surface area contributed by atoms with Gasteiger partial charge < -0.3 is 4.74 Å². The molecule has 0 aliphatic carbocycles. The van der Waals surface area contributed by atoms with Crippen molar-refractivity contribution < 1.29 is 4.74 Å². The highest BCUT2D eigenvalue weighted by atomic mass is 32.2. The van der Waals surface area contributed by atoms with Crippen LogP contribution in [0.5, 0.6) is 0 Å². The number of thioether (sulfide) groups is 1. The first-order chi connectivity index (χ1) is 4.21. The minimum atomic E-state index is 0.341. The van der Waals surface area contributed by atoms with E-state index in [9.17, 15) is 0 Å². The Bertz CT molecular complexity index is 106. The van der Waals surface area contributed by atoms with Gasteiger partial charge >= 0.3 is 0 Å². The predicted octanol–water partition coefficient (Wildman–Crippen LogP) is 2.25. The molecule has 1 aliphatic rings. The van der Waals surface area contributed by atoms with Crippen LogP contribution in [-0.4, -0.2) is 12.4 Å². The molecule has 1 rings (SSSR count). The minimum absolute atomic E-state index is 0.341. The van der Waals surface area contributed by atoms with Crippen molar-refractivity contribution in [3.8, 4) is 0 Å². The molecule has 52 valence electrons. The average molecular weight is 144 g/mol. The van der Waals surface area contributed by atoms with Gasteiger partial charge in [0, 0.05) is 16.6 Å². The maximum atomic E-state index is 5.21. The molecule has 0 unspecified atom stereocenters. The van der Waals surface area contributed by atoms with Crippen LogP contribution >= 0.6 is 11.8 Å².